The van der Waals surface area contributed by atoms with Crippen LogP contribution < -0.4 is 0 Å². The molecular weight excluding hydrogens is 324 g/mol. The van der Waals surface area contributed by atoms with E-state index in [-0.39, 0.29) is 0 Å². The molecule has 1 aromatic rings. The summed E-state index contributed by atoms with van der Waals surface area (Å²) >= 11 is 0. The lowest BCUT2D eigenvalue weighted by atomic mass is 9.90. The van der Waals surface area contributed by atoms with Crippen molar-refractivity contribution in [3.8, 4) is 0 Å². The second-order valence-corrected chi connectivity index (χ2v) is 9.04. The molecule has 2 aliphatic carbocycles. The predicted molar refractivity (Wildman–Crippen MR) is 120 cm³/mol. The molecule has 0 amide bonds. The van der Waals surface area contributed by atoms with Crippen LogP contribution in [0.2, 0.25) is 0 Å². The fraction of sp³-hybridized carbons (Fsp3) is 0.704. The molecule has 0 radical (unpaired) electrons. The van der Waals surface area contributed by atoms with Crippen molar-refractivity contribution in [1.29, 1.82) is 0 Å². The van der Waals surface area contributed by atoms with Crippen LogP contribution in [0.15, 0.2) is 18.2 Å². The molecule has 0 nitrogen and oxygen atoms in total. The fourth-order valence-electron chi connectivity index (χ4n) is 5.07. The molecule has 0 spiro atoms. The summed E-state index contributed by atoms with van der Waals surface area (Å²) in [5.74, 6) is 0. The van der Waals surface area contributed by atoms with E-state index in [1.54, 1.807) is 22.3 Å². The zero-order chi connectivity index (χ0) is 18.6. The first-order valence-corrected chi connectivity index (χ1v) is 12.3. The molecular formula is C27H42. The fourth-order valence-corrected chi connectivity index (χ4v) is 5.07. The van der Waals surface area contributed by atoms with Gasteiger partial charge in [-0.2, -0.15) is 0 Å². The summed E-state index contributed by atoms with van der Waals surface area (Å²) in [6.45, 7) is 0. The minimum atomic E-state index is 1.16. The highest BCUT2D eigenvalue weighted by Gasteiger charge is 2.13. The Balaban J connectivity index is 1.55. The third kappa shape index (κ3) is 7.13. The Morgan fingerprint density at radius 3 is 1.44 bits per heavy atom. The normalized spacial score (nSPS) is 21.3. The van der Waals surface area contributed by atoms with Crippen LogP contribution in [0.1, 0.15) is 125 Å². The topological polar surface area (TPSA) is 0 Å². The molecule has 0 aromatic heterocycles. The molecule has 0 saturated carbocycles. The summed E-state index contributed by atoms with van der Waals surface area (Å²) in [7, 11) is 0. The quantitative estimate of drug-likeness (QED) is 0.431. The largest absolute Gasteiger partial charge is 0.0795 e. The van der Waals surface area contributed by atoms with Crippen molar-refractivity contribution in [3.63, 3.8) is 0 Å². The van der Waals surface area contributed by atoms with Gasteiger partial charge in [0.05, 0.1) is 0 Å². The Labute approximate surface area is 168 Å². The van der Waals surface area contributed by atoms with Gasteiger partial charge in [-0.3, -0.25) is 0 Å². The number of allylic oxidation sites excluding steroid dienone is 1. The van der Waals surface area contributed by atoms with Crippen molar-refractivity contribution in [2.24, 2.45) is 0 Å². The van der Waals surface area contributed by atoms with Crippen LogP contribution in [0.25, 0.3) is 6.08 Å². The maximum atomic E-state index is 2.47. The van der Waals surface area contributed by atoms with Crippen molar-refractivity contribution in [2.45, 2.75) is 122 Å². The standard InChI is InChI=1S/C27H42/c1-2-4-6-8-10-12-14-16-20-26-24(18-15-13-11-9-7-5-3-1)22-23-25-19-17-21-27(25)26/h17,21-23H,1-16,18-20H2. The molecule has 0 saturated heterocycles. The minimum Gasteiger partial charge on any atom is -0.0795 e. The number of rotatable bonds is 0. The Morgan fingerprint density at radius 2 is 0.889 bits per heavy atom. The van der Waals surface area contributed by atoms with Crippen molar-refractivity contribution in [1.82, 2.24) is 0 Å². The van der Waals surface area contributed by atoms with Gasteiger partial charge in [0.25, 0.3) is 0 Å². The Kier molecular flexibility index (Phi) is 9.52. The van der Waals surface area contributed by atoms with Crippen LogP contribution in [0, 0.1) is 0 Å². The van der Waals surface area contributed by atoms with Crippen molar-refractivity contribution in [2.75, 3.05) is 0 Å². The van der Waals surface area contributed by atoms with Crippen molar-refractivity contribution in [3.05, 3.63) is 40.5 Å². The van der Waals surface area contributed by atoms with Crippen LogP contribution >= 0.6 is 0 Å². The summed E-state index contributed by atoms with van der Waals surface area (Å²) in [4.78, 5) is 0. The molecule has 0 heteroatoms. The Bertz CT molecular complexity index is 566. The zero-order valence-corrected chi connectivity index (χ0v) is 17.7. The molecule has 0 fully saturated rings. The highest BCUT2D eigenvalue weighted by Crippen LogP contribution is 2.29. The minimum absolute atomic E-state index is 1.16. The number of fused-ring (bicyclic) bond motifs is 3. The van der Waals surface area contributed by atoms with Crippen molar-refractivity contribution < 1.29 is 0 Å². The SMILES string of the molecule is C1=Cc2c(ccc3c2CCCCCCCCCCCCCCCCCC3)C1. The number of benzene rings is 1. The maximum absolute atomic E-state index is 2.47. The van der Waals surface area contributed by atoms with E-state index >= 15 is 0 Å². The molecule has 0 aliphatic heterocycles. The third-order valence-corrected chi connectivity index (χ3v) is 6.79. The van der Waals surface area contributed by atoms with E-state index in [4.69, 9.17) is 0 Å². The van der Waals surface area contributed by atoms with Crippen molar-refractivity contribution >= 4 is 6.08 Å². The summed E-state index contributed by atoms with van der Waals surface area (Å²) < 4.78 is 0. The third-order valence-electron chi connectivity index (χ3n) is 6.79. The zero-order valence-electron chi connectivity index (χ0n) is 17.7. The number of hydrogen-bond acceptors (Lipinski definition) is 0. The van der Waals surface area contributed by atoms with Gasteiger partial charge in [0.15, 0.2) is 0 Å². The average Bonchev–Trinajstić information content (AvgIpc) is 3.16. The molecule has 27 heavy (non-hydrogen) atoms. The van der Waals surface area contributed by atoms with Gasteiger partial charge in [0, 0.05) is 0 Å². The van der Waals surface area contributed by atoms with Gasteiger partial charge in [-0.05, 0) is 54.4 Å². The summed E-state index contributed by atoms with van der Waals surface area (Å²) in [5, 5.41) is 0. The van der Waals surface area contributed by atoms with E-state index in [1.165, 1.54) is 116 Å². The smallest absolute Gasteiger partial charge is 0.00881 e. The molecule has 0 atom stereocenters. The molecule has 1 aromatic carbocycles. The molecule has 0 unspecified atom stereocenters. The summed E-state index contributed by atoms with van der Waals surface area (Å²) in [6.07, 6.45) is 31.8. The van der Waals surface area contributed by atoms with E-state index in [1.807, 2.05) is 0 Å². The van der Waals surface area contributed by atoms with E-state index in [0.29, 0.717) is 0 Å². The van der Waals surface area contributed by atoms with Crippen LogP contribution in [-0.2, 0) is 19.3 Å². The predicted octanol–water partition coefficient (Wildman–Crippen LogP) is 8.60. The highest BCUT2D eigenvalue weighted by atomic mass is 14.2. The molecule has 0 heterocycles. The van der Waals surface area contributed by atoms with E-state index in [9.17, 15) is 0 Å². The lowest BCUT2D eigenvalue weighted by Gasteiger charge is -2.15. The van der Waals surface area contributed by atoms with E-state index < -0.39 is 0 Å². The van der Waals surface area contributed by atoms with Gasteiger partial charge >= 0.3 is 0 Å². The van der Waals surface area contributed by atoms with Gasteiger partial charge in [-0.1, -0.05) is 114 Å². The van der Waals surface area contributed by atoms with Crippen LogP contribution in [0.4, 0.5) is 0 Å². The molecule has 2 aliphatic rings. The molecule has 3 rings (SSSR count). The van der Waals surface area contributed by atoms with Crippen LogP contribution in [0.3, 0.4) is 0 Å². The first-order valence-electron chi connectivity index (χ1n) is 12.3. The lowest BCUT2D eigenvalue weighted by molar-refractivity contribution is 0.526. The first kappa shape index (κ1) is 20.7. The second kappa shape index (κ2) is 12.4. The summed E-state index contributed by atoms with van der Waals surface area (Å²) in [5.41, 5.74) is 6.53. The number of hydrogen-bond donors (Lipinski definition) is 0. The van der Waals surface area contributed by atoms with Gasteiger partial charge in [-0.25, -0.2) is 0 Å². The monoisotopic (exact) mass is 366 g/mol. The Hall–Kier alpha value is -1.04. The second-order valence-electron chi connectivity index (χ2n) is 9.04. The van der Waals surface area contributed by atoms with E-state index in [0.717, 1.165) is 6.42 Å². The molecule has 0 N–H and O–H groups in total. The van der Waals surface area contributed by atoms with Gasteiger partial charge in [0.2, 0.25) is 0 Å². The lowest BCUT2D eigenvalue weighted by Crippen LogP contribution is -2.00. The Morgan fingerprint density at radius 1 is 0.444 bits per heavy atom. The maximum Gasteiger partial charge on any atom is -0.00881 e. The summed E-state index contributed by atoms with van der Waals surface area (Å²) in [6, 6.07) is 4.87. The van der Waals surface area contributed by atoms with Gasteiger partial charge < -0.3 is 0 Å². The van der Waals surface area contributed by atoms with Crippen LogP contribution in [0.5, 0.6) is 0 Å². The molecule has 150 valence electrons. The molecule has 0 bridgehead atoms. The van der Waals surface area contributed by atoms with Gasteiger partial charge in [-0.15, -0.1) is 0 Å². The number of aryl methyl sites for hydroxylation is 1. The average molecular weight is 367 g/mol. The van der Waals surface area contributed by atoms with E-state index in [2.05, 4.69) is 24.3 Å². The van der Waals surface area contributed by atoms with Crippen LogP contribution in [-0.4, -0.2) is 0 Å². The first-order chi connectivity index (χ1) is 13.4. The highest BCUT2D eigenvalue weighted by molar-refractivity contribution is 5.65. The van der Waals surface area contributed by atoms with Gasteiger partial charge in [0.1, 0.15) is 0 Å².